The third-order valence-corrected chi connectivity index (χ3v) is 3.68. The Morgan fingerprint density at radius 1 is 1.10 bits per heavy atom. The molecule has 0 saturated carbocycles. The van der Waals surface area contributed by atoms with Gasteiger partial charge in [-0.1, -0.05) is 41.9 Å². The molecule has 0 heterocycles. The number of ether oxygens (including phenoxy) is 1. The van der Waals surface area contributed by atoms with E-state index in [1.54, 1.807) is 35.6 Å². The summed E-state index contributed by atoms with van der Waals surface area (Å²) in [5, 5.41) is 12.4. The molecule has 3 N–H and O–H groups in total. The average molecular weight is 435 g/mol. The number of hydrogen-bond donors (Lipinski definition) is 3. The summed E-state index contributed by atoms with van der Waals surface area (Å²) in [6.45, 7) is -1.91. The highest BCUT2D eigenvalue weighted by molar-refractivity contribution is 6.40. The van der Waals surface area contributed by atoms with Crippen molar-refractivity contribution < 1.29 is 42.6 Å². The van der Waals surface area contributed by atoms with Gasteiger partial charge in [0.2, 0.25) is 23.1 Å². The zero-order valence-corrected chi connectivity index (χ0v) is 15.5. The number of aliphatic carboxylic acids is 1. The van der Waals surface area contributed by atoms with Crippen molar-refractivity contribution in [2.24, 2.45) is 0 Å². The number of carboxylic acid groups (broad SMARTS) is 1. The summed E-state index contributed by atoms with van der Waals surface area (Å²) in [6, 6.07) is 4.33. The monoisotopic (exact) mass is 434 g/mol. The molecule has 0 aliphatic rings. The number of benzene rings is 1. The predicted molar refractivity (Wildman–Crippen MR) is 94.5 cm³/mol. The number of carboxylic acids is 1. The van der Waals surface area contributed by atoms with Gasteiger partial charge >= 0.3 is 12.1 Å². The molecule has 158 valence electrons. The molecule has 1 rings (SSSR count). The van der Waals surface area contributed by atoms with E-state index in [2.05, 4.69) is 0 Å². The lowest BCUT2D eigenvalue weighted by Gasteiger charge is -2.21. The van der Waals surface area contributed by atoms with E-state index >= 15 is 0 Å². The first-order valence-electron chi connectivity index (χ1n) is 8.06. The Morgan fingerprint density at radius 2 is 1.72 bits per heavy atom. The number of rotatable bonds is 11. The van der Waals surface area contributed by atoms with Gasteiger partial charge in [-0.25, -0.2) is 13.6 Å². The number of Topliss-reactive ketones (excluding diaryl/α,β-unsaturated/α-hetero) is 2. The Bertz CT molecular complexity index is 761. The quantitative estimate of drug-likeness (QED) is 0.347. The first kappa shape index (κ1) is 24.0. The normalized spacial score (nSPS) is 13.5. The SMILES string of the molecule is O=C(O)CC(NC(=O)C(NC(=O)OCc1ccccc1)C(F)Cl)C(=O)C(=O)CF. The van der Waals surface area contributed by atoms with Crippen molar-refractivity contribution in [3.05, 3.63) is 35.9 Å². The molecule has 0 aliphatic carbocycles. The molecule has 0 saturated heterocycles. The fourth-order valence-corrected chi connectivity index (χ4v) is 2.22. The smallest absolute Gasteiger partial charge is 0.408 e. The van der Waals surface area contributed by atoms with Crippen LogP contribution in [0.25, 0.3) is 0 Å². The highest BCUT2D eigenvalue weighted by Gasteiger charge is 2.34. The van der Waals surface area contributed by atoms with Crippen molar-refractivity contribution in [1.29, 1.82) is 0 Å². The van der Waals surface area contributed by atoms with Crippen LogP contribution in [0.15, 0.2) is 30.3 Å². The molecule has 1 aromatic rings. The van der Waals surface area contributed by atoms with E-state index in [0.29, 0.717) is 5.56 Å². The molecule has 9 nitrogen and oxygen atoms in total. The Balaban J connectivity index is 2.78. The van der Waals surface area contributed by atoms with Crippen molar-refractivity contribution in [2.45, 2.75) is 30.7 Å². The van der Waals surface area contributed by atoms with Gasteiger partial charge in [-0.15, -0.1) is 0 Å². The van der Waals surface area contributed by atoms with Gasteiger partial charge in [-0.05, 0) is 5.56 Å². The molecule has 29 heavy (non-hydrogen) atoms. The van der Waals surface area contributed by atoms with E-state index in [4.69, 9.17) is 21.4 Å². The highest BCUT2D eigenvalue weighted by atomic mass is 35.5. The molecule has 2 amide bonds. The summed E-state index contributed by atoms with van der Waals surface area (Å²) in [5.74, 6) is -6.11. The van der Waals surface area contributed by atoms with Gasteiger partial charge in [0.05, 0.1) is 6.42 Å². The minimum atomic E-state index is -2.49. The Morgan fingerprint density at radius 3 is 2.24 bits per heavy atom. The fraction of sp³-hybridized carbons (Fsp3) is 0.353. The number of ketones is 2. The van der Waals surface area contributed by atoms with Crippen LogP contribution in [0.3, 0.4) is 0 Å². The maximum absolute atomic E-state index is 13.6. The molecule has 12 heteroatoms. The standard InChI is InChI=1S/C17H17ClF2N2O7/c18-15(20)13(22-17(28)29-8-9-4-2-1-3-5-9)16(27)21-10(6-12(24)25)14(26)11(23)7-19/h1-5,10,13,15H,6-8H2,(H,21,27)(H,22,28)(H,24,25). The number of carbonyl (C=O) groups is 5. The lowest BCUT2D eigenvalue weighted by atomic mass is 10.1. The first-order chi connectivity index (χ1) is 13.6. The molecule has 0 bridgehead atoms. The van der Waals surface area contributed by atoms with Gasteiger partial charge in [0.1, 0.15) is 12.6 Å². The van der Waals surface area contributed by atoms with Crippen LogP contribution >= 0.6 is 11.6 Å². The zero-order valence-electron chi connectivity index (χ0n) is 14.8. The second-order valence-corrected chi connectivity index (χ2v) is 6.02. The van der Waals surface area contributed by atoms with Crippen LogP contribution in [0.4, 0.5) is 13.6 Å². The number of nitrogens with one attached hydrogen (secondary N) is 2. The van der Waals surface area contributed by atoms with Crippen molar-refractivity contribution >= 4 is 41.1 Å². The van der Waals surface area contributed by atoms with Crippen LogP contribution < -0.4 is 10.6 Å². The summed E-state index contributed by atoms with van der Waals surface area (Å²) in [7, 11) is 0. The molecule has 3 unspecified atom stereocenters. The molecule has 3 atom stereocenters. The maximum atomic E-state index is 13.6. The third kappa shape index (κ3) is 8.21. The van der Waals surface area contributed by atoms with E-state index in [1.165, 1.54) is 0 Å². The lowest BCUT2D eigenvalue weighted by molar-refractivity contribution is -0.143. The molecule has 0 fully saturated rings. The summed E-state index contributed by atoms with van der Waals surface area (Å²) >= 11 is 5.23. The number of carbonyl (C=O) groups excluding carboxylic acids is 4. The largest absolute Gasteiger partial charge is 0.481 e. The maximum Gasteiger partial charge on any atom is 0.408 e. The van der Waals surface area contributed by atoms with Gasteiger partial charge in [0, 0.05) is 0 Å². The Kier molecular flexibility index (Phi) is 9.66. The van der Waals surface area contributed by atoms with E-state index in [9.17, 15) is 32.8 Å². The van der Waals surface area contributed by atoms with Gasteiger partial charge in [0.25, 0.3) is 0 Å². The van der Waals surface area contributed by atoms with Crippen molar-refractivity contribution in [1.82, 2.24) is 10.6 Å². The first-order valence-corrected chi connectivity index (χ1v) is 8.49. The van der Waals surface area contributed by atoms with Crippen LogP contribution in [-0.4, -0.2) is 59.0 Å². The number of hydrogen-bond acceptors (Lipinski definition) is 6. The molecule has 0 aromatic heterocycles. The van der Waals surface area contributed by atoms with Crippen LogP contribution in [0.5, 0.6) is 0 Å². The predicted octanol–water partition coefficient (Wildman–Crippen LogP) is 0.883. The van der Waals surface area contributed by atoms with E-state index in [1.807, 2.05) is 5.32 Å². The van der Waals surface area contributed by atoms with Crippen LogP contribution in [0.2, 0.25) is 0 Å². The molecule has 0 spiro atoms. The van der Waals surface area contributed by atoms with Gasteiger partial charge < -0.3 is 20.5 Å². The average Bonchev–Trinajstić information content (AvgIpc) is 2.68. The van der Waals surface area contributed by atoms with Gasteiger partial charge in [-0.3, -0.25) is 19.2 Å². The molecule has 1 aromatic carbocycles. The summed E-state index contributed by atoms with van der Waals surface area (Å²) in [6.07, 6.45) is -2.29. The summed E-state index contributed by atoms with van der Waals surface area (Å²) < 4.78 is 30.8. The minimum absolute atomic E-state index is 0.203. The van der Waals surface area contributed by atoms with E-state index < -0.39 is 60.3 Å². The number of amides is 2. The lowest BCUT2D eigenvalue weighted by Crippen LogP contribution is -2.55. The Hall–Kier alpha value is -3.08. The third-order valence-electron chi connectivity index (χ3n) is 3.43. The minimum Gasteiger partial charge on any atom is -0.481 e. The second kappa shape index (κ2) is 11.7. The zero-order chi connectivity index (χ0) is 22.0. The summed E-state index contributed by atoms with van der Waals surface area (Å²) in [4.78, 5) is 57.6. The van der Waals surface area contributed by atoms with E-state index in [0.717, 1.165) is 0 Å². The molecule has 0 aliphatic heterocycles. The van der Waals surface area contributed by atoms with Crippen LogP contribution in [-0.2, 0) is 30.5 Å². The van der Waals surface area contributed by atoms with Crippen LogP contribution in [0.1, 0.15) is 12.0 Å². The number of halogens is 3. The van der Waals surface area contributed by atoms with Gasteiger partial charge in [-0.2, -0.15) is 0 Å². The Labute approximate surface area is 168 Å². The fourth-order valence-electron chi connectivity index (χ4n) is 2.04. The van der Waals surface area contributed by atoms with Crippen LogP contribution in [0, 0.1) is 0 Å². The highest BCUT2D eigenvalue weighted by Crippen LogP contribution is 2.08. The second-order valence-electron chi connectivity index (χ2n) is 5.60. The number of alkyl carbamates (subject to hydrolysis) is 1. The van der Waals surface area contributed by atoms with Crippen molar-refractivity contribution in [2.75, 3.05) is 6.67 Å². The molecular formula is C17H17ClF2N2O7. The molecule has 0 radical (unpaired) electrons. The molecular weight excluding hydrogens is 418 g/mol. The van der Waals surface area contributed by atoms with E-state index in [-0.39, 0.29) is 6.61 Å². The number of alkyl halides is 3. The van der Waals surface area contributed by atoms with Crippen molar-refractivity contribution in [3.63, 3.8) is 0 Å². The van der Waals surface area contributed by atoms with Gasteiger partial charge in [0.15, 0.2) is 12.7 Å². The topological polar surface area (TPSA) is 139 Å². The summed E-state index contributed by atoms with van der Waals surface area (Å²) in [5.41, 5.74) is -1.89. The van der Waals surface area contributed by atoms with Crippen molar-refractivity contribution in [3.8, 4) is 0 Å².